The number of rotatable bonds is 6. The van der Waals surface area contributed by atoms with Crippen LogP contribution in [0.1, 0.15) is 57.1 Å². The number of carbonyl (C=O) groups excluding carboxylic acids is 1. The highest BCUT2D eigenvalue weighted by Crippen LogP contribution is 2.27. The van der Waals surface area contributed by atoms with E-state index in [-0.39, 0.29) is 11.8 Å². The van der Waals surface area contributed by atoms with E-state index < -0.39 is 0 Å². The number of amides is 1. The Hall–Kier alpha value is -1.35. The summed E-state index contributed by atoms with van der Waals surface area (Å²) in [7, 11) is 0. The van der Waals surface area contributed by atoms with Crippen molar-refractivity contribution in [1.29, 1.82) is 0 Å². The third kappa shape index (κ3) is 4.07. The van der Waals surface area contributed by atoms with E-state index in [1.165, 1.54) is 12.0 Å². The molecule has 0 aromatic heterocycles. The largest absolute Gasteiger partial charge is 0.369 e. The molecule has 1 saturated carbocycles. The van der Waals surface area contributed by atoms with Crippen LogP contribution in [0.2, 0.25) is 0 Å². The number of primary amides is 1. The molecule has 1 aliphatic rings. The van der Waals surface area contributed by atoms with E-state index in [4.69, 9.17) is 5.73 Å². The average Bonchev–Trinajstić information content (AvgIpc) is 2.48. The SMILES string of the molecule is CCCC(NC1CCC(C(N)=O)CC1)c1ccccc1. The first kappa shape index (κ1) is 15.0. The van der Waals surface area contributed by atoms with Crippen molar-refractivity contribution in [2.45, 2.75) is 57.5 Å². The molecule has 0 heterocycles. The van der Waals surface area contributed by atoms with E-state index in [0.717, 1.165) is 32.1 Å². The molecule has 0 aliphatic heterocycles. The predicted octanol–water partition coefficient (Wildman–Crippen LogP) is 3.16. The zero-order valence-electron chi connectivity index (χ0n) is 12.3. The van der Waals surface area contributed by atoms with Gasteiger partial charge >= 0.3 is 0 Å². The van der Waals surface area contributed by atoms with Gasteiger partial charge in [-0.25, -0.2) is 0 Å². The molecule has 0 saturated heterocycles. The minimum atomic E-state index is -0.128. The maximum Gasteiger partial charge on any atom is 0.220 e. The van der Waals surface area contributed by atoms with Crippen LogP contribution in [0.4, 0.5) is 0 Å². The lowest BCUT2D eigenvalue weighted by atomic mass is 9.85. The van der Waals surface area contributed by atoms with Crippen LogP contribution < -0.4 is 11.1 Å². The van der Waals surface area contributed by atoms with Gasteiger partial charge in [-0.2, -0.15) is 0 Å². The van der Waals surface area contributed by atoms with Gasteiger partial charge in [0.15, 0.2) is 0 Å². The lowest BCUT2D eigenvalue weighted by molar-refractivity contribution is -0.122. The topological polar surface area (TPSA) is 55.1 Å². The number of nitrogens with one attached hydrogen (secondary N) is 1. The summed E-state index contributed by atoms with van der Waals surface area (Å²) in [6.45, 7) is 2.22. The van der Waals surface area contributed by atoms with Gasteiger partial charge in [-0.05, 0) is 37.7 Å². The first-order valence-electron chi connectivity index (χ1n) is 7.81. The van der Waals surface area contributed by atoms with Crippen LogP contribution in [0.3, 0.4) is 0 Å². The fraction of sp³-hybridized carbons (Fsp3) is 0.588. The van der Waals surface area contributed by atoms with Gasteiger partial charge in [0.05, 0.1) is 0 Å². The summed E-state index contributed by atoms with van der Waals surface area (Å²) in [5.74, 6) is -0.0361. The zero-order chi connectivity index (χ0) is 14.4. The van der Waals surface area contributed by atoms with Gasteiger partial charge < -0.3 is 11.1 Å². The molecular weight excluding hydrogens is 248 g/mol. The van der Waals surface area contributed by atoms with Crippen molar-refractivity contribution < 1.29 is 4.79 Å². The normalized spacial score (nSPS) is 24.2. The Morgan fingerprint density at radius 1 is 1.25 bits per heavy atom. The summed E-state index contributed by atoms with van der Waals surface area (Å²) < 4.78 is 0. The molecule has 0 radical (unpaired) electrons. The molecule has 20 heavy (non-hydrogen) atoms. The summed E-state index contributed by atoms with van der Waals surface area (Å²) >= 11 is 0. The standard InChI is InChI=1S/C17H26N2O/c1-2-6-16(13-7-4-3-5-8-13)19-15-11-9-14(10-12-15)17(18)20/h3-5,7-8,14-16,19H,2,6,9-12H2,1H3,(H2,18,20). The van der Waals surface area contributed by atoms with Crippen molar-refractivity contribution in [1.82, 2.24) is 5.32 Å². The van der Waals surface area contributed by atoms with Gasteiger partial charge in [-0.1, -0.05) is 43.7 Å². The minimum absolute atomic E-state index is 0.0920. The molecule has 1 aromatic carbocycles. The van der Waals surface area contributed by atoms with E-state index in [1.54, 1.807) is 0 Å². The predicted molar refractivity (Wildman–Crippen MR) is 82.2 cm³/mol. The van der Waals surface area contributed by atoms with Crippen molar-refractivity contribution in [3.8, 4) is 0 Å². The first-order chi connectivity index (χ1) is 9.70. The number of carbonyl (C=O) groups is 1. The molecule has 1 aromatic rings. The third-order valence-electron chi connectivity index (χ3n) is 4.35. The van der Waals surface area contributed by atoms with Crippen LogP contribution in [0, 0.1) is 5.92 Å². The van der Waals surface area contributed by atoms with E-state index >= 15 is 0 Å². The van der Waals surface area contributed by atoms with Gasteiger partial charge in [0.1, 0.15) is 0 Å². The smallest absolute Gasteiger partial charge is 0.220 e. The maximum absolute atomic E-state index is 11.2. The van der Waals surface area contributed by atoms with Crippen molar-refractivity contribution >= 4 is 5.91 Å². The van der Waals surface area contributed by atoms with Gasteiger partial charge in [0.2, 0.25) is 5.91 Å². The molecule has 1 atom stereocenters. The van der Waals surface area contributed by atoms with Crippen molar-refractivity contribution in [2.75, 3.05) is 0 Å². The summed E-state index contributed by atoms with van der Waals surface area (Å²) in [6, 6.07) is 11.6. The second-order valence-electron chi connectivity index (χ2n) is 5.87. The lowest BCUT2D eigenvalue weighted by Gasteiger charge is -2.31. The van der Waals surface area contributed by atoms with Crippen LogP contribution >= 0.6 is 0 Å². The van der Waals surface area contributed by atoms with Crippen LogP contribution in [0.5, 0.6) is 0 Å². The van der Waals surface area contributed by atoms with E-state index in [0.29, 0.717) is 12.1 Å². The molecule has 1 amide bonds. The molecule has 3 N–H and O–H groups in total. The molecule has 2 rings (SSSR count). The second kappa shape index (κ2) is 7.44. The van der Waals surface area contributed by atoms with Gasteiger partial charge in [0, 0.05) is 18.0 Å². The van der Waals surface area contributed by atoms with E-state index in [2.05, 4.69) is 42.6 Å². The molecule has 1 fully saturated rings. The molecule has 1 unspecified atom stereocenters. The monoisotopic (exact) mass is 274 g/mol. The molecule has 3 heteroatoms. The van der Waals surface area contributed by atoms with Crippen LogP contribution in [-0.4, -0.2) is 11.9 Å². The average molecular weight is 274 g/mol. The molecule has 3 nitrogen and oxygen atoms in total. The highest BCUT2D eigenvalue weighted by molar-refractivity contribution is 5.76. The molecule has 0 spiro atoms. The number of hydrogen-bond donors (Lipinski definition) is 2. The van der Waals surface area contributed by atoms with E-state index in [1.807, 2.05) is 0 Å². The summed E-state index contributed by atoms with van der Waals surface area (Å²) in [6.07, 6.45) is 6.30. The Labute approximate surface area is 121 Å². The first-order valence-corrected chi connectivity index (χ1v) is 7.81. The highest BCUT2D eigenvalue weighted by Gasteiger charge is 2.26. The summed E-state index contributed by atoms with van der Waals surface area (Å²) in [4.78, 5) is 11.2. The Balaban J connectivity index is 1.91. The van der Waals surface area contributed by atoms with E-state index in [9.17, 15) is 4.79 Å². The number of hydrogen-bond acceptors (Lipinski definition) is 2. The quantitative estimate of drug-likeness (QED) is 0.837. The fourth-order valence-corrected chi connectivity index (χ4v) is 3.15. The van der Waals surface area contributed by atoms with Gasteiger partial charge in [0.25, 0.3) is 0 Å². The second-order valence-corrected chi connectivity index (χ2v) is 5.87. The minimum Gasteiger partial charge on any atom is -0.369 e. The number of nitrogens with two attached hydrogens (primary N) is 1. The Kier molecular flexibility index (Phi) is 5.60. The van der Waals surface area contributed by atoms with Crippen LogP contribution in [-0.2, 0) is 4.79 Å². The van der Waals surface area contributed by atoms with Crippen molar-refractivity contribution in [3.05, 3.63) is 35.9 Å². The maximum atomic E-state index is 11.2. The van der Waals surface area contributed by atoms with Crippen molar-refractivity contribution in [3.63, 3.8) is 0 Å². The third-order valence-corrected chi connectivity index (χ3v) is 4.35. The van der Waals surface area contributed by atoms with Gasteiger partial charge in [-0.15, -0.1) is 0 Å². The molecular formula is C17H26N2O. The highest BCUT2D eigenvalue weighted by atomic mass is 16.1. The summed E-state index contributed by atoms with van der Waals surface area (Å²) in [5.41, 5.74) is 6.76. The molecule has 1 aliphatic carbocycles. The summed E-state index contributed by atoms with van der Waals surface area (Å²) in [5, 5.41) is 3.78. The zero-order valence-corrected chi connectivity index (χ0v) is 12.3. The Bertz CT molecular complexity index is 410. The Morgan fingerprint density at radius 2 is 1.90 bits per heavy atom. The van der Waals surface area contributed by atoms with Crippen LogP contribution in [0.25, 0.3) is 0 Å². The number of benzene rings is 1. The molecule has 0 bridgehead atoms. The Morgan fingerprint density at radius 3 is 2.45 bits per heavy atom. The lowest BCUT2D eigenvalue weighted by Crippen LogP contribution is -2.38. The van der Waals surface area contributed by atoms with Gasteiger partial charge in [-0.3, -0.25) is 4.79 Å². The fourth-order valence-electron chi connectivity index (χ4n) is 3.15. The van der Waals surface area contributed by atoms with Crippen molar-refractivity contribution in [2.24, 2.45) is 11.7 Å². The van der Waals surface area contributed by atoms with Crippen LogP contribution in [0.15, 0.2) is 30.3 Å². The molecule has 110 valence electrons.